The quantitative estimate of drug-likeness (QED) is 0.729. The molecule has 0 amide bonds. The molecule has 2 rings (SSSR count). The van der Waals surface area contributed by atoms with E-state index in [1.54, 1.807) is 0 Å². The number of nitrogens with zero attached hydrogens (tertiary/aromatic N) is 1. The summed E-state index contributed by atoms with van der Waals surface area (Å²) in [6.07, 6.45) is 1.48. The van der Waals surface area contributed by atoms with Crippen LogP contribution in [0.4, 0.5) is 0 Å². The molecule has 0 aliphatic carbocycles. The molecule has 3 heteroatoms. The van der Waals surface area contributed by atoms with Crippen molar-refractivity contribution in [2.75, 3.05) is 0 Å². The average molecular weight is 224 g/mol. The molecule has 0 saturated carbocycles. The van der Waals surface area contributed by atoms with Crippen molar-refractivity contribution in [1.29, 1.82) is 0 Å². The molecule has 15 heavy (non-hydrogen) atoms. The minimum Gasteiger partial charge on any atom is -0.318 e. The highest BCUT2D eigenvalue weighted by Crippen LogP contribution is 2.29. The van der Waals surface area contributed by atoms with Crippen molar-refractivity contribution in [2.24, 2.45) is 6.98 Å². The smallest absolute Gasteiger partial charge is 0.259 e. The van der Waals surface area contributed by atoms with Gasteiger partial charge >= 0.3 is 0 Å². The highest BCUT2D eigenvalue weighted by molar-refractivity contribution is 7.17. The van der Waals surface area contributed by atoms with Gasteiger partial charge in [0.05, 0.1) is 5.39 Å². The first-order chi connectivity index (χ1) is 8.23. The van der Waals surface area contributed by atoms with E-state index >= 15 is 0 Å². The zero-order valence-corrected chi connectivity index (χ0v) is 9.81. The highest BCUT2D eigenvalue weighted by atomic mass is 32.1. The maximum atomic E-state index is 12.2. The van der Waals surface area contributed by atoms with E-state index in [1.807, 2.05) is 26.2 Å². The molecule has 0 aliphatic rings. The molecule has 0 radical (unpaired) electrons. The second kappa shape index (κ2) is 3.49. The second-order valence-electron chi connectivity index (χ2n) is 4.04. The zero-order chi connectivity index (χ0) is 13.7. The van der Waals surface area contributed by atoms with Gasteiger partial charge in [0.15, 0.2) is 0 Å². The topological polar surface area (TPSA) is 22.0 Å². The van der Waals surface area contributed by atoms with Gasteiger partial charge < -0.3 is 4.57 Å². The van der Waals surface area contributed by atoms with Crippen molar-refractivity contribution in [3.05, 3.63) is 33.1 Å². The Kier molecular flexibility index (Phi) is 1.68. The Morgan fingerprint density at radius 2 is 2.27 bits per heavy atom. The van der Waals surface area contributed by atoms with Crippen LogP contribution < -0.4 is 5.56 Å². The van der Waals surface area contributed by atoms with Gasteiger partial charge in [0, 0.05) is 22.0 Å². The van der Waals surface area contributed by atoms with Crippen LogP contribution in [0.1, 0.15) is 35.0 Å². The van der Waals surface area contributed by atoms with Gasteiger partial charge in [-0.25, -0.2) is 0 Å². The summed E-state index contributed by atoms with van der Waals surface area (Å²) in [6, 6.07) is 0. The van der Waals surface area contributed by atoms with Gasteiger partial charge in [-0.2, -0.15) is 0 Å². The molecular formula is C12H15NOS. The van der Waals surface area contributed by atoms with Crippen molar-refractivity contribution in [1.82, 2.24) is 4.57 Å². The van der Waals surface area contributed by atoms with Crippen LogP contribution in [0.2, 0.25) is 0 Å². The third kappa shape index (κ3) is 1.51. The third-order valence-electron chi connectivity index (χ3n) is 2.56. The lowest BCUT2D eigenvalue weighted by atomic mass is 10.0. The van der Waals surface area contributed by atoms with Crippen LogP contribution in [-0.2, 0) is 6.98 Å². The van der Waals surface area contributed by atoms with Crippen LogP contribution >= 0.6 is 11.3 Å². The Hall–Kier alpha value is -1.09. The van der Waals surface area contributed by atoms with Crippen molar-refractivity contribution in [3.8, 4) is 0 Å². The summed E-state index contributed by atoms with van der Waals surface area (Å²) in [5.41, 5.74) is 1.34. The van der Waals surface area contributed by atoms with Crippen LogP contribution in [0.3, 0.4) is 0 Å². The van der Waals surface area contributed by atoms with Crippen molar-refractivity contribution < 1.29 is 4.11 Å². The van der Waals surface area contributed by atoms with Crippen molar-refractivity contribution in [2.45, 2.75) is 26.7 Å². The van der Waals surface area contributed by atoms with E-state index in [0.717, 1.165) is 20.4 Å². The van der Waals surface area contributed by atoms with Crippen LogP contribution in [-0.4, -0.2) is 4.57 Å². The molecule has 2 nitrogen and oxygen atoms in total. The summed E-state index contributed by atoms with van der Waals surface area (Å²) in [5.74, 6) is 0.180. The van der Waals surface area contributed by atoms with Gasteiger partial charge in [0.2, 0.25) is 0 Å². The zero-order valence-electron chi connectivity index (χ0n) is 12.0. The van der Waals surface area contributed by atoms with E-state index in [2.05, 4.69) is 0 Å². The number of hydrogen-bond acceptors (Lipinski definition) is 2. The van der Waals surface area contributed by atoms with E-state index in [1.165, 1.54) is 17.5 Å². The van der Waals surface area contributed by atoms with E-state index < -0.39 is 12.5 Å². The molecule has 0 spiro atoms. The maximum Gasteiger partial charge on any atom is 0.259 e. The first-order valence-corrected chi connectivity index (χ1v) is 5.75. The fourth-order valence-electron chi connectivity index (χ4n) is 1.71. The van der Waals surface area contributed by atoms with Gasteiger partial charge in [-0.1, -0.05) is 13.8 Å². The summed E-state index contributed by atoms with van der Waals surface area (Å²) in [4.78, 5) is 12.2. The van der Waals surface area contributed by atoms with Crippen molar-refractivity contribution in [3.63, 3.8) is 0 Å². The number of thiophene rings is 1. The molecule has 0 aromatic carbocycles. The lowest BCUT2D eigenvalue weighted by Crippen LogP contribution is -2.17. The molecule has 0 fully saturated rings. The average Bonchev–Trinajstić information content (AvgIpc) is 2.59. The minimum absolute atomic E-state index is 0.180. The number of fused-ring (bicyclic) bond motifs is 1. The summed E-state index contributed by atoms with van der Waals surface area (Å²) in [7, 11) is 0. The predicted molar refractivity (Wildman–Crippen MR) is 65.9 cm³/mol. The highest BCUT2D eigenvalue weighted by Gasteiger charge is 2.13. The number of rotatable bonds is 1. The molecule has 2 heterocycles. The maximum absolute atomic E-state index is 12.2. The van der Waals surface area contributed by atoms with Gasteiger partial charge in [-0.05, 0) is 29.3 Å². The molecule has 0 bridgehead atoms. The van der Waals surface area contributed by atoms with E-state index in [4.69, 9.17) is 4.11 Å². The Labute approximate surface area is 97.4 Å². The summed E-state index contributed by atoms with van der Waals surface area (Å²) < 4.78 is 24.1. The number of pyridine rings is 1. The predicted octanol–water partition coefficient (Wildman–Crippen LogP) is 3.03. The minimum atomic E-state index is -2.43. The molecule has 0 aliphatic heterocycles. The lowest BCUT2D eigenvalue weighted by Gasteiger charge is -2.09. The fraction of sp³-hybridized carbons (Fsp3) is 0.417. The van der Waals surface area contributed by atoms with E-state index in [-0.39, 0.29) is 5.92 Å². The van der Waals surface area contributed by atoms with Crippen LogP contribution in [0, 0.1) is 6.92 Å². The fourth-order valence-corrected chi connectivity index (χ4v) is 2.91. The standard InChI is InChI=1S/C12H15NOS/c1-7(2)9-5-13(4)12(14)10-8(3)6-15-11(9)10/h5-7H,1-4H3/i4D3. The lowest BCUT2D eigenvalue weighted by molar-refractivity contribution is 0.811. The molecule has 0 unspecified atom stereocenters. The molecule has 0 N–H and O–H groups in total. The Bertz CT molecular complexity index is 652. The second-order valence-corrected chi connectivity index (χ2v) is 4.92. The molecule has 0 atom stereocenters. The van der Waals surface area contributed by atoms with Crippen LogP contribution in [0.25, 0.3) is 10.1 Å². The monoisotopic (exact) mass is 224 g/mol. The first-order valence-electron chi connectivity index (χ1n) is 6.37. The summed E-state index contributed by atoms with van der Waals surface area (Å²) in [5, 5.41) is 2.45. The largest absolute Gasteiger partial charge is 0.318 e. The molecule has 2 aromatic heterocycles. The SMILES string of the molecule is [2H]C([2H])([2H])n1cc(C(C)C)c2scc(C)c2c1=O. The van der Waals surface area contributed by atoms with Gasteiger partial charge in [0.1, 0.15) is 0 Å². The van der Waals surface area contributed by atoms with Gasteiger partial charge in [0.25, 0.3) is 5.56 Å². The van der Waals surface area contributed by atoms with Gasteiger partial charge in [-0.15, -0.1) is 11.3 Å². The molecule has 0 saturated heterocycles. The van der Waals surface area contributed by atoms with E-state index in [9.17, 15) is 4.79 Å². The number of hydrogen-bond donors (Lipinski definition) is 0. The first kappa shape index (κ1) is 7.23. The molecule has 2 aromatic rings. The summed E-state index contributed by atoms with van der Waals surface area (Å²) >= 11 is 1.51. The Morgan fingerprint density at radius 3 is 2.87 bits per heavy atom. The number of aryl methyl sites for hydroxylation is 2. The van der Waals surface area contributed by atoms with Crippen LogP contribution in [0.15, 0.2) is 16.4 Å². The van der Waals surface area contributed by atoms with E-state index in [0.29, 0.717) is 5.39 Å². The molecular weight excluding hydrogens is 206 g/mol. The normalized spacial score (nSPS) is 15.3. The van der Waals surface area contributed by atoms with Crippen molar-refractivity contribution >= 4 is 21.4 Å². The third-order valence-corrected chi connectivity index (χ3v) is 3.71. The Balaban J connectivity index is 2.95. The molecule has 80 valence electrons. The number of aromatic nitrogens is 1. The Morgan fingerprint density at radius 1 is 1.53 bits per heavy atom. The van der Waals surface area contributed by atoms with Crippen LogP contribution in [0.5, 0.6) is 0 Å². The summed E-state index contributed by atoms with van der Waals surface area (Å²) in [6.45, 7) is 3.41. The van der Waals surface area contributed by atoms with Gasteiger partial charge in [-0.3, -0.25) is 4.79 Å².